The van der Waals surface area contributed by atoms with Gasteiger partial charge in [0, 0.05) is 58.1 Å². The number of para-hydroxylation sites is 2. The summed E-state index contributed by atoms with van der Waals surface area (Å²) >= 11 is 0. The van der Waals surface area contributed by atoms with Crippen molar-refractivity contribution in [1.29, 1.82) is 0 Å². The summed E-state index contributed by atoms with van der Waals surface area (Å²) in [5.74, 6) is -0.0301. The molecule has 1 aromatic carbocycles. The van der Waals surface area contributed by atoms with E-state index in [1.54, 1.807) is 4.90 Å². The zero-order valence-electron chi connectivity index (χ0n) is 18.7. The van der Waals surface area contributed by atoms with Crippen molar-refractivity contribution in [2.45, 2.75) is 32.1 Å². The number of benzene rings is 1. The Morgan fingerprint density at radius 2 is 1.72 bits per heavy atom. The molecular weight excluding hydrogens is 402 g/mol. The maximum atomic E-state index is 12.7. The van der Waals surface area contributed by atoms with Crippen LogP contribution in [-0.4, -0.2) is 72.4 Å². The normalized spacial score (nSPS) is 17.8. The SMILES string of the molecule is O=C(CN1CCCCCC1=O)Nc1ccccc1N1CCN(CCc2ccncc2)CC1. The van der Waals surface area contributed by atoms with Gasteiger partial charge in [0.05, 0.1) is 17.9 Å². The smallest absolute Gasteiger partial charge is 0.244 e. The van der Waals surface area contributed by atoms with E-state index in [0.717, 1.165) is 69.8 Å². The first-order valence-electron chi connectivity index (χ1n) is 11.7. The molecule has 0 unspecified atom stereocenters. The second-order valence-corrected chi connectivity index (χ2v) is 8.63. The Kier molecular flexibility index (Phi) is 7.72. The summed E-state index contributed by atoms with van der Waals surface area (Å²) in [4.78, 5) is 35.5. The highest BCUT2D eigenvalue weighted by atomic mass is 16.2. The van der Waals surface area contributed by atoms with E-state index < -0.39 is 0 Å². The van der Waals surface area contributed by atoms with E-state index in [2.05, 4.69) is 38.3 Å². The lowest BCUT2D eigenvalue weighted by Gasteiger charge is -2.37. The Hall–Kier alpha value is -2.93. The molecule has 32 heavy (non-hydrogen) atoms. The molecule has 3 heterocycles. The van der Waals surface area contributed by atoms with Gasteiger partial charge in [0.1, 0.15) is 0 Å². The molecule has 2 aliphatic heterocycles. The topological polar surface area (TPSA) is 68.8 Å². The van der Waals surface area contributed by atoms with Crippen LogP contribution < -0.4 is 10.2 Å². The van der Waals surface area contributed by atoms with Gasteiger partial charge >= 0.3 is 0 Å². The summed E-state index contributed by atoms with van der Waals surface area (Å²) < 4.78 is 0. The van der Waals surface area contributed by atoms with Crippen LogP contribution in [0.1, 0.15) is 31.2 Å². The second-order valence-electron chi connectivity index (χ2n) is 8.63. The number of nitrogens with zero attached hydrogens (tertiary/aromatic N) is 4. The molecule has 2 fully saturated rings. The highest BCUT2D eigenvalue weighted by molar-refractivity contribution is 5.97. The maximum Gasteiger partial charge on any atom is 0.244 e. The van der Waals surface area contributed by atoms with E-state index in [1.165, 1.54) is 5.56 Å². The Morgan fingerprint density at radius 1 is 0.938 bits per heavy atom. The average Bonchev–Trinajstić information content (AvgIpc) is 3.03. The number of rotatable bonds is 7. The first-order chi connectivity index (χ1) is 15.7. The lowest BCUT2D eigenvalue weighted by Crippen LogP contribution is -2.47. The Labute approximate surface area is 190 Å². The first kappa shape index (κ1) is 22.3. The van der Waals surface area contributed by atoms with Crippen molar-refractivity contribution in [1.82, 2.24) is 14.8 Å². The van der Waals surface area contributed by atoms with Crippen LogP contribution in [0.15, 0.2) is 48.8 Å². The largest absolute Gasteiger partial charge is 0.367 e. The number of pyridine rings is 1. The molecule has 170 valence electrons. The van der Waals surface area contributed by atoms with Crippen LogP contribution >= 0.6 is 0 Å². The van der Waals surface area contributed by atoms with Crippen molar-refractivity contribution in [3.63, 3.8) is 0 Å². The summed E-state index contributed by atoms with van der Waals surface area (Å²) in [6.07, 6.45) is 8.23. The number of anilines is 2. The molecule has 0 aliphatic carbocycles. The number of amides is 2. The third kappa shape index (κ3) is 6.07. The van der Waals surface area contributed by atoms with Gasteiger partial charge < -0.3 is 15.1 Å². The number of likely N-dealkylation sites (tertiary alicyclic amines) is 1. The van der Waals surface area contributed by atoms with Crippen molar-refractivity contribution in [3.05, 3.63) is 54.4 Å². The van der Waals surface area contributed by atoms with E-state index in [1.807, 2.05) is 30.6 Å². The minimum absolute atomic E-state index is 0.0915. The summed E-state index contributed by atoms with van der Waals surface area (Å²) in [6.45, 7) is 5.69. The van der Waals surface area contributed by atoms with Crippen molar-refractivity contribution in [2.75, 3.05) is 56.0 Å². The fraction of sp³-hybridized carbons (Fsp3) is 0.480. The van der Waals surface area contributed by atoms with Crippen LogP contribution in [0.25, 0.3) is 0 Å². The number of nitrogens with one attached hydrogen (secondary N) is 1. The van der Waals surface area contributed by atoms with Gasteiger partial charge in [-0.15, -0.1) is 0 Å². The standard InChI is InChI=1S/C25H33N5O2/c31-24(20-30-14-5-1-2-8-25(30)32)27-22-6-3-4-7-23(22)29-18-16-28(17-19-29)15-11-21-9-12-26-13-10-21/h3-4,6-7,9-10,12-13H,1-2,5,8,11,14-20H2,(H,27,31). The van der Waals surface area contributed by atoms with Gasteiger partial charge in [0.25, 0.3) is 0 Å². The van der Waals surface area contributed by atoms with Crippen molar-refractivity contribution < 1.29 is 9.59 Å². The summed E-state index contributed by atoms with van der Waals surface area (Å²) in [7, 11) is 0. The molecule has 1 aromatic heterocycles. The van der Waals surface area contributed by atoms with E-state index >= 15 is 0 Å². The van der Waals surface area contributed by atoms with Gasteiger partial charge in [-0.3, -0.25) is 19.5 Å². The number of hydrogen-bond donors (Lipinski definition) is 1. The average molecular weight is 436 g/mol. The predicted octanol–water partition coefficient (Wildman–Crippen LogP) is 2.79. The van der Waals surface area contributed by atoms with E-state index in [4.69, 9.17) is 0 Å². The van der Waals surface area contributed by atoms with Gasteiger partial charge in [-0.05, 0) is 49.1 Å². The lowest BCUT2D eigenvalue weighted by atomic mass is 10.1. The van der Waals surface area contributed by atoms with Crippen LogP contribution in [0.3, 0.4) is 0 Å². The summed E-state index contributed by atoms with van der Waals surface area (Å²) in [6, 6.07) is 12.1. The summed E-state index contributed by atoms with van der Waals surface area (Å²) in [5, 5.41) is 3.06. The number of carbonyl (C=O) groups excluding carboxylic acids is 2. The molecule has 2 aromatic rings. The van der Waals surface area contributed by atoms with Crippen molar-refractivity contribution in [3.8, 4) is 0 Å². The minimum atomic E-state index is -0.122. The van der Waals surface area contributed by atoms with Gasteiger partial charge in [0.15, 0.2) is 0 Å². The molecule has 0 atom stereocenters. The Balaban J connectivity index is 1.30. The third-order valence-electron chi connectivity index (χ3n) is 6.36. The molecule has 7 heteroatoms. The van der Waals surface area contributed by atoms with Crippen LogP contribution in [-0.2, 0) is 16.0 Å². The zero-order chi connectivity index (χ0) is 22.2. The van der Waals surface area contributed by atoms with E-state index in [9.17, 15) is 9.59 Å². The first-order valence-corrected chi connectivity index (χ1v) is 11.7. The molecule has 2 amide bonds. The maximum absolute atomic E-state index is 12.7. The number of aromatic nitrogens is 1. The summed E-state index contributed by atoms with van der Waals surface area (Å²) in [5.41, 5.74) is 3.19. The number of hydrogen-bond acceptors (Lipinski definition) is 5. The van der Waals surface area contributed by atoms with Crippen molar-refractivity contribution in [2.24, 2.45) is 0 Å². The molecule has 0 saturated carbocycles. The van der Waals surface area contributed by atoms with Gasteiger partial charge in [-0.1, -0.05) is 18.6 Å². The molecule has 0 radical (unpaired) electrons. The molecule has 0 bridgehead atoms. The highest BCUT2D eigenvalue weighted by Crippen LogP contribution is 2.27. The number of piperazine rings is 1. The molecule has 7 nitrogen and oxygen atoms in total. The number of carbonyl (C=O) groups is 2. The van der Waals surface area contributed by atoms with Crippen LogP contribution in [0, 0.1) is 0 Å². The lowest BCUT2D eigenvalue weighted by molar-refractivity contribution is -0.134. The van der Waals surface area contributed by atoms with Gasteiger partial charge in [-0.2, -0.15) is 0 Å². The van der Waals surface area contributed by atoms with E-state index in [-0.39, 0.29) is 18.4 Å². The molecular formula is C25H33N5O2. The fourth-order valence-electron chi connectivity index (χ4n) is 4.47. The minimum Gasteiger partial charge on any atom is -0.367 e. The Bertz CT molecular complexity index is 896. The molecule has 2 saturated heterocycles. The third-order valence-corrected chi connectivity index (χ3v) is 6.36. The van der Waals surface area contributed by atoms with Gasteiger partial charge in [-0.25, -0.2) is 0 Å². The molecule has 4 rings (SSSR count). The zero-order valence-corrected chi connectivity index (χ0v) is 18.7. The predicted molar refractivity (Wildman–Crippen MR) is 127 cm³/mol. The van der Waals surface area contributed by atoms with Gasteiger partial charge in [0.2, 0.25) is 11.8 Å². The van der Waals surface area contributed by atoms with E-state index in [0.29, 0.717) is 13.0 Å². The van der Waals surface area contributed by atoms with Crippen molar-refractivity contribution >= 4 is 23.2 Å². The monoisotopic (exact) mass is 435 g/mol. The molecule has 1 N–H and O–H groups in total. The molecule has 0 spiro atoms. The second kappa shape index (κ2) is 11.1. The van der Waals surface area contributed by atoms with Crippen LogP contribution in [0.4, 0.5) is 11.4 Å². The van der Waals surface area contributed by atoms with Crippen LogP contribution in [0.2, 0.25) is 0 Å². The Morgan fingerprint density at radius 3 is 2.53 bits per heavy atom. The van der Waals surface area contributed by atoms with Crippen LogP contribution in [0.5, 0.6) is 0 Å². The highest BCUT2D eigenvalue weighted by Gasteiger charge is 2.22. The molecule has 2 aliphatic rings. The fourth-order valence-corrected chi connectivity index (χ4v) is 4.47. The quantitative estimate of drug-likeness (QED) is 0.724.